The predicted octanol–water partition coefficient (Wildman–Crippen LogP) is 3.23. The fourth-order valence-electron chi connectivity index (χ4n) is 3.11. The summed E-state index contributed by atoms with van der Waals surface area (Å²) in [5, 5.41) is 3.58. The largest absolute Gasteiger partial charge is 0.370 e. The van der Waals surface area contributed by atoms with Crippen LogP contribution in [0.5, 0.6) is 0 Å². The average molecular weight is 352 g/mol. The first-order valence-electron chi connectivity index (χ1n) is 8.06. The minimum atomic E-state index is 0.631. The fourth-order valence-corrected chi connectivity index (χ4v) is 3.61. The van der Waals surface area contributed by atoms with Crippen molar-refractivity contribution in [2.45, 2.75) is 44.3 Å². The van der Waals surface area contributed by atoms with Crippen LogP contribution in [0.4, 0.5) is 5.69 Å². The van der Waals surface area contributed by atoms with Crippen LogP contribution in [0.2, 0.25) is 0 Å². The van der Waals surface area contributed by atoms with Crippen LogP contribution in [0.25, 0.3) is 0 Å². The van der Waals surface area contributed by atoms with Crippen LogP contribution in [0.15, 0.2) is 22.7 Å². The maximum absolute atomic E-state index is 3.74. The van der Waals surface area contributed by atoms with Crippen molar-refractivity contribution in [1.29, 1.82) is 0 Å². The van der Waals surface area contributed by atoms with E-state index in [2.05, 4.69) is 63.3 Å². The number of halogens is 1. The molecular weight excluding hydrogens is 326 g/mol. The molecule has 1 aliphatic heterocycles. The lowest BCUT2D eigenvalue weighted by atomic mass is 10.0. The zero-order valence-corrected chi connectivity index (χ0v) is 14.7. The summed E-state index contributed by atoms with van der Waals surface area (Å²) in [6.45, 7) is 3.38. The molecule has 0 spiro atoms. The van der Waals surface area contributed by atoms with Gasteiger partial charge >= 0.3 is 0 Å². The van der Waals surface area contributed by atoms with Gasteiger partial charge in [-0.25, -0.2) is 0 Å². The highest BCUT2D eigenvalue weighted by atomic mass is 79.9. The summed E-state index contributed by atoms with van der Waals surface area (Å²) in [5.41, 5.74) is 2.68. The van der Waals surface area contributed by atoms with Crippen LogP contribution in [0.3, 0.4) is 0 Å². The van der Waals surface area contributed by atoms with Gasteiger partial charge in [-0.05, 0) is 57.0 Å². The monoisotopic (exact) mass is 351 g/mol. The van der Waals surface area contributed by atoms with Gasteiger partial charge in [0.2, 0.25) is 0 Å². The second kappa shape index (κ2) is 6.67. The third-order valence-electron chi connectivity index (χ3n) is 4.75. The number of anilines is 1. The second-order valence-electron chi connectivity index (χ2n) is 6.60. The topological polar surface area (TPSA) is 18.5 Å². The Hall–Kier alpha value is -0.580. The number of hydrogen-bond acceptors (Lipinski definition) is 3. The third kappa shape index (κ3) is 3.99. The summed E-state index contributed by atoms with van der Waals surface area (Å²) in [6.07, 6.45) is 5.28. The number of nitrogens with zero attached hydrogens (tertiary/aromatic N) is 2. The Balaban J connectivity index is 1.65. The highest BCUT2D eigenvalue weighted by Gasteiger charge is 2.22. The maximum Gasteiger partial charge on any atom is 0.0414 e. The lowest BCUT2D eigenvalue weighted by molar-refractivity contribution is 0.248. The molecule has 1 unspecified atom stereocenters. The number of likely N-dealkylation sites (N-methyl/N-ethyl adjacent to an activating group) is 2. The third-order valence-corrected chi connectivity index (χ3v) is 5.49. The van der Waals surface area contributed by atoms with Gasteiger partial charge in [0.15, 0.2) is 0 Å². The Morgan fingerprint density at radius 2 is 2.14 bits per heavy atom. The minimum absolute atomic E-state index is 0.631. The molecule has 1 N–H and O–H groups in total. The first kappa shape index (κ1) is 15.3. The molecule has 1 atom stereocenters. The van der Waals surface area contributed by atoms with Gasteiger partial charge in [-0.1, -0.05) is 22.0 Å². The number of nitrogens with one attached hydrogen (secondary N) is 1. The second-order valence-corrected chi connectivity index (χ2v) is 7.45. The number of hydrogen-bond donors (Lipinski definition) is 1. The zero-order chi connectivity index (χ0) is 14.8. The normalized spacial score (nSPS) is 23.3. The first-order chi connectivity index (χ1) is 10.1. The molecule has 3 rings (SSSR count). The van der Waals surface area contributed by atoms with Gasteiger partial charge in [-0.2, -0.15) is 0 Å². The molecule has 0 aromatic heterocycles. The number of benzene rings is 1. The number of rotatable bonds is 5. The molecule has 1 saturated heterocycles. The summed E-state index contributed by atoms with van der Waals surface area (Å²) in [7, 11) is 4.45. The van der Waals surface area contributed by atoms with Crippen LogP contribution < -0.4 is 10.2 Å². The predicted molar refractivity (Wildman–Crippen MR) is 92.9 cm³/mol. The number of likely N-dealkylation sites (tertiary alicyclic amines) is 1. The molecule has 21 heavy (non-hydrogen) atoms. The van der Waals surface area contributed by atoms with Crippen molar-refractivity contribution in [2.24, 2.45) is 0 Å². The molecule has 3 nitrogen and oxygen atoms in total. The van der Waals surface area contributed by atoms with Crippen molar-refractivity contribution in [1.82, 2.24) is 10.2 Å². The SMILES string of the molecule is CN1CCCC(N(C)c2ccc(CNC3CC3)c(Br)c2)C1. The van der Waals surface area contributed by atoms with Crippen LogP contribution >= 0.6 is 15.9 Å². The first-order valence-corrected chi connectivity index (χ1v) is 8.86. The molecule has 1 aromatic carbocycles. The summed E-state index contributed by atoms with van der Waals surface area (Å²) in [5.74, 6) is 0. The molecule has 1 aliphatic carbocycles. The Bertz CT molecular complexity index is 487. The molecule has 1 aromatic rings. The van der Waals surface area contributed by atoms with Crippen molar-refractivity contribution in [3.8, 4) is 0 Å². The summed E-state index contributed by atoms with van der Waals surface area (Å²) < 4.78 is 1.23. The van der Waals surface area contributed by atoms with Gasteiger partial charge in [0, 0.05) is 42.4 Å². The van der Waals surface area contributed by atoms with Gasteiger partial charge in [0.05, 0.1) is 0 Å². The van der Waals surface area contributed by atoms with Crippen molar-refractivity contribution >= 4 is 21.6 Å². The molecule has 4 heteroatoms. The molecule has 2 aliphatic rings. The van der Waals surface area contributed by atoms with E-state index in [1.165, 1.54) is 54.5 Å². The van der Waals surface area contributed by atoms with Gasteiger partial charge in [-0.15, -0.1) is 0 Å². The van der Waals surface area contributed by atoms with Crippen LogP contribution in [0.1, 0.15) is 31.2 Å². The Morgan fingerprint density at radius 3 is 2.81 bits per heavy atom. The quantitative estimate of drug-likeness (QED) is 0.878. The lowest BCUT2D eigenvalue weighted by Gasteiger charge is -2.37. The standard InChI is InChI=1S/C17H26BrN3/c1-20-9-3-4-16(12-20)21(2)15-8-5-13(17(18)10-15)11-19-14-6-7-14/h5,8,10,14,16,19H,3-4,6-7,9,11-12H2,1-2H3. The van der Waals surface area contributed by atoms with E-state index in [0.29, 0.717) is 6.04 Å². The Kier molecular flexibility index (Phi) is 4.87. The summed E-state index contributed by atoms with van der Waals surface area (Å²) >= 11 is 3.74. The van der Waals surface area contributed by atoms with Crippen molar-refractivity contribution in [2.75, 3.05) is 32.1 Å². The molecule has 0 radical (unpaired) electrons. The van der Waals surface area contributed by atoms with E-state index in [9.17, 15) is 0 Å². The molecule has 1 heterocycles. The molecular formula is C17H26BrN3. The maximum atomic E-state index is 3.74. The van der Waals surface area contributed by atoms with E-state index in [0.717, 1.165) is 12.6 Å². The van der Waals surface area contributed by atoms with E-state index < -0.39 is 0 Å². The van der Waals surface area contributed by atoms with E-state index in [-0.39, 0.29) is 0 Å². The summed E-state index contributed by atoms with van der Waals surface area (Å²) in [6, 6.07) is 8.20. The highest BCUT2D eigenvalue weighted by molar-refractivity contribution is 9.10. The van der Waals surface area contributed by atoms with Gasteiger partial charge in [-0.3, -0.25) is 0 Å². The smallest absolute Gasteiger partial charge is 0.0414 e. The van der Waals surface area contributed by atoms with E-state index in [1.807, 2.05) is 0 Å². The van der Waals surface area contributed by atoms with Crippen molar-refractivity contribution in [3.63, 3.8) is 0 Å². The Labute approximate surface area is 136 Å². The molecule has 0 amide bonds. The van der Waals surface area contributed by atoms with Crippen molar-refractivity contribution < 1.29 is 0 Å². The van der Waals surface area contributed by atoms with Crippen LogP contribution in [0, 0.1) is 0 Å². The minimum Gasteiger partial charge on any atom is -0.370 e. The highest BCUT2D eigenvalue weighted by Crippen LogP contribution is 2.27. The van der Waals surface area contributed by atoms with E-state index in [1.54, 1.807) is 0 Å². The lowest BCUT2D eigenvalue weighted by Crippen LogP contribution is -2.45. The molecule has 2 fully saturated rings. The van der Waals surface area contributed by atoms with Gasteiger partial charge < -0.3 is 15.1 Å². The van der Waals surface area contributed by atoms with Crippen LogP contribution in [-0.4, -0.2) is 44.2 Å². The van der Waals surface area contributed by atoms with Crippen LogP contribution in [-0.2, 0) is 6.54 Å². The molecule has 1 saturated carbocycles. The average Bonchev–Trinajstić information content (AvgIpc) is 3.29. The van der Waals surface area contributed by atoms with Gasteiger partial charge in [0.25, 0.3) is 0 Å². The molecule has 0 bridgehead atoms. The van der Waals surface area contributed by atoms with E-state index in [4.69, 9.17) is 0 Å². The zero-order valence-electron chi connectivity index (χ0n) is 13.1. The van der Waals surface area contributed by atoms with Crippen molar-refractivity contribution in [3.05, 3.63) is 28.2 Å². The Morgan fingerprint density at radius 1 is 1.33 bits per heavy atom. The van der Waals surface area contributed by atoms with E-state index >= 15 is 0 Å². The molecule has 116 valence electrons. The number of piperidine rings is 1. The van der Waals surface area contributed by atoms with Gasteiger partial charge in [0.1, 0.15) is 0 Å². The fraction of sp³-hybridized carbons (Fsp3) is 0.647. The summed E-state index contributed by atoms with van der Waals surface area (Å²) in [4.78, 5) is 4.88.